The molecule has 3 saturated heterocycles. The number of hydrogen-bond acceptors (Lipinski definition) is 8. The molecular weight excluding hydrogens is 633 g/mol. The number of carbonyl (C=O) groups is 2. The molecule has 12 heteroatoms. The number of carbonyl (C=O) groups excluding carboxylic acids is 2. The molecule has 6 rings (SSSR count). The molecule has 0 bridgehead atoms. The van der Waals surface area contributed by atoms with E-state index in [2.05, 4.69) is 4.90 Å². The minimum atomic E-state index is -0.816. The molecule has 1 atom stereocenters. The lowest BCUT2D eigenvalue weighted by Crippen LogP contribution is -2.48. The van der Waals surface area contributed by atoms with Crippen molar-refractivity contribution in [3.8, 4) is 17.2 Å². The Bertz CT molecular complexity index is 1570. The maximum Gasteiger partial charge on any atom is 0.415 e. The quantitative estimate of drug-likeness (QED) is 0.265. The number of rotatable bonds is 9. The first-order valence-corrected chi connectivity index (χ1v) is 15.9. The molecule has 0 saturated carbocycles. The second-order valence-electron chi connectivity index (χ2n) is 11.9. The van der Waals surface area contributed by atoms with Gasteiger partial charge in [-0.05, 0) is 48.4 Å². The van der Waals surface area contributed by atoms with Gasteiger partial charge in [-0.3, -0.25) is 9.69 Å². The Balaban J connectivity index is 1.17. The van der Waals surface area contributed by atoms with Gasteiger partial charge in [-0.25, -0.2) is 4.79 Å². The van der Waals surface area contributed by atoms with E-state index >= 15 is 0 Å². The highest BCUT2D eigenvalue weighted by Crippen LogP contribution is 2.42. The first kappa shape index (κ1) is 32.2. The molecule has 3 heterocycles. The van der Waals surface area contributed by atoms with Gasteiger partial charge in [-0.2, -0.15) is 0 Å². The Morgan fingerprint density at radius 3 is 2.22 bits per heavy atom. The Labute approximate surface area is 278 Å². The molecule has 3 aromatic rings. The smallest absolute Gasteiger partial charge is 0.415 e. The van der Waals surface area contributed by atoms with Crippen LogP contribution in [0.1, 0.15) is 35.2 Å². The minimum Gasteiger partial charge on any atom is -0.493 e. The highest BCUT2D eigenvalue weighted by Gasteiger charge is 2.48. The predicted octanol–water partition coefficient (Wildman–Crippen LogP) is 6.23. The van der Waals surface area contributed by atoms with Crippen molar-refractivity contribution in [3.05, 3.63) is 81.8 Å². The summed E-state index contributed by atoms with van der Waals surface area (Å²) >= 11 is 12.7. The molecule has 10 nitrogen and oxygen atoms in total. The summed E-state index contributed by atoms with van der Waals surface area (Å²) in [5.74, 6) is 0.965. The van der Waals surface area contributed by atoms with E-state index in [1.807, 2.05) is 42.5 Å². The van der Waals surface area contributed by atoms with Crippen LogP contribution in [0, 0.1) is 0 Å². The zero-order chi connectivity index (χ0) is 32.5. The van der Waals surface area contributed by atoms with Crippen molar-refractivity contribution in [2.75, 3.05) is 65.7 Å². The van der Waals surface area contributed by atoms with E-state index < -0.39 is 11.2 Å². The Hall–Kier alpha value is -3.70. The number of ether oxygens (including phenoxy) is 5. The third kappa shape index (κ3) is 6.19. The number of para-hydroxylation sites is 1. The van der Waals surface area contributed by atoms with Gasteiger partial charge in [-0.1, -0.05) is 47.5 Å². The summed E-state index contributed by atoms with van der Waals surface area (Å²) in [5, 5.41) is 0.864. The van der Waals surface area contributed by atoms with E-state index in [4.69, 9.17) is 46.9 Å². The van der Waals surface area contributed by atoms with Gasteiger partial charge in [0.05, 0.1) is 44.5 Å². The fraction of sp³-hybridized carbons (Fsp3) is 0.412. The van der Waals surface area contributed by atoms with E-state index in [0.29, 0.717) is 58.9 Å². The summed E-state index contributed by atoms with van der Waals surface area (Å²) in [5.41, 5.74) is 0.764. The number of hydrogen-bond donors (Lipinski definition) is 0. The van der Waals surface area contributed by atoms with E-state index in [-0.39, 0.29) is 18.7 Å². The van der Waals surface area contributed by atoms with Crippen LogP contribution in [0.3, 0.4) is 0 Å². The number of nitrogens with zero attached hydrogens (tertiary/aromatic N) is 3. The van der Waals surface area contributed by atoms with E-state index in [9.17, 15) is 9.59 Å². The van der Waals surface area contributed by atoms with Crippen molar-refractivity contribution in [1.82, 2.24) is 9.80 Å². The van der Waals surface area contributed by atoms with Gasteiger partial charge in [0.25, 0.3) is 5.91 Å². The zero-order valence-electron chi connectivity index (χ0n) is 26.1. The van der Waals surface area contributed by atoms with E-state index in [1.165, 1.54) is 21.3 Å². The average molecular weight is 671 g/mol. The summed E-state index contributed by atoms with van der Waals surface area (Å²) in [6, 6.07) is 18.4. The second-order valence-corrected chi connectivity index (χ2v) is 12.7. The first-order chi connectivity index (χ1) is 22.2. The third-order valence-corrected chi connectivity index (χ3v) is 9.96. The van der Waals surface area contributed by atoms with Crippen LogP contribution in [0.2, 0.25) is 10.0 Å². The largest absolute Gasteiger partial charge is 0.493 e. The van der Waals surface area contributed by atoms with Gasteiger partial charge >= 0.3 is 6.09 Å². The highest BCUT2D eigenvalue weighted by molar-refractivity contribution is 6.42. The van der Waals surface area contributed by atoms with Crippen LogP contribution in [0.4, 0.5) is 10.5 Å². The minimum absolute atomic E-state index is 0.0874. The number of halogens is 2. The molecule has 0 radical (unpaired) electrons. The molecule has 46 heavy (non-hydrogen) atoms. The van der Waals surface area contributed by atoms with Gasteiger partial charge in [0, 0.05) is 43.7 Å². The van der Waals surface area contributed by atoms with Crippen molar-refractivity contribution in [1.29, 1.82) is 0 Å². The standard InChI is InChI=1S/C34H37Cl2N3O7/c1-42-28-17-23(18-29(43-2)30(28)44-3)31(40)38-21-34(45-22-38,24-9-10-26(35)27(36)19-24)13-16-37-14-11-33(12-15-37)20-39(32(41)46-33)25-7-5-4-6-8-25/h4-10,17-19H,11-16,20-22H2,1-3H3/t34-/m0/s1. The normalized spacial score (nSPS) is 21.0. The summed E-state index contributed by atoms with van der Waals surface area (Å²) in [6.07, 6.45) is 1.77. The molecule has 0 aliphatic carbocycles. The highest BCUT2D eigenvalue weighted by atomic mass is 35.5. The van der Waals surface area contributed by atoms with E-state index in [1.54, 1.807) is 28.0 Å². The fourth-order valence-electron chi connectivity index (χ4n) is 6.58. The summed E-state index contributed by atoms with van der Waals surface area (Å²) in [7, 11) is 4.54. The lowest BCUT2D eigenvalue weighted by Gasteiger charge is -2.39. The van der Waals surface area contributed by atoms with Crippen LogP contribution >= 0.6 is 23.2 Å². The van der Waals surface area contributed by atoms with Crippen molar-refractivity contribution in [3.63, 3.8) is 0 Å². The van der Waals surface area contributed by atoms with Crippen LogP contribution in [0.25, 0.3) is 0 Å². The van der Waals surface area contributed by atoms with Crippen molar-refractivity contribution in [2.45, 2.75) is 30.5 Å². The number of amides is 2. The summed E-state index contributed by atoms with van der Waals surface area (Å²) in [6.45, 7) is 3.17. The number of likely N-dealkylation sites (tertiary alicyclic amines) is 1. The third-order valence-electron chi connectivity index (χ3n) is 9.23. The van der Waals surface area contributed by atoms with Crippen LogP contribution < -0.4 is 19.1 Å². The van der Waals surface area contributed by atoms with Crippen LogP contribution in [-0.4, -0.2) is 88.2 Å². The lowest BCUT2D eigenvalue weighted by atomic mass is 9.88. The first-order valence-electron chi connectivity index (χ1n) is 15.2. The topological polar surface area (TPSA) is 90.0 Å². The van der Waals surface area contributed by atoms with Gasteiger partial charge in [0.2, 0.25) is 5.75 Å². The monoisotopic (exact) mass is 669 g/mol. The molecular formula is C34H37Cl2N3O7. The van der Waals surface area contributed by atoms with Crippen LogP contribution in [0.5, 0.6) is 17.2 Å². The fourth-order valence-corrected chi connectivity index (χ4v) is 6.88. The Morgan fingerprint density at radius 2 is 1.59 bits per heavy atom. The molecule has 3 aliphatic rings. The maximum absolute atomic E-state index is 13.8. The lowest BCUT2D eigenvalue weighted by molar-refractivity contribution is -0.0261. The molecule has 3 aromatic carbocycles. The summed E-state index contributed by atoms with van der Waals surface area (Å²) < 4.78 is 28.8. The van der Waals surface area contributed by atoms with Crippen molar-refractivity contribution < 1.29 is 33.3 Å². The van der Waals surface area contributed by atoms with E-state index in [0.717, 1.165) is 37.2 Å². The SMILES string of the molecule is COc1cc(C(=O)N2CO[C@](CCN3CCC4(CC3)CN(c3ccccc3)C(=O)O4)(c3ccc(Cl)c(Cl)c3)C2)cc(OC)c1OC. The molecule has 3 aliphatic heterocycles. The molecule has 1 spiro atoms. The molecule has 244 valence electrons. The molecule has 0 N–H and O–H groups in total. The predicted molar refractivity (Wildman–Crippen MR) is 175 cm³/mol. The molecule has 0 aromatic heterocycles. The number of anilines is 1. The number of piperidine rings is 1. The van der Waals surface area contributed by atoms with Gasteiger partial charge < -0.3 is 33.5 Å². The van der Waals surface area contributed by atoms with Crippen molar-refractivity contribution >= 4 is 40.9 Å². The van der Waals surface area contributed by atoms with Gasteiger partial charge in [-0.15, -0.1) is 0 Å². The molecule has 3 fully saturated rings. The number of benzene rings is 3. The van der Waals surface area contributed by atoms with Crippen molar-refractivity contribution in [2.24, 2.45) is 0 Å². The van der Waals surface area contributed by atoms with Crippen LogP contribution in [-0.2, 0) is 15.1 Å². The zero-order valence-corrected chi connectivity index (χ0v) is 27.6. The molecule has 0 unspecified atom stereocenters. The number of methoxy groups -OCH3 is 3. The Kier molecular flexibility index (Phi) is 9.25. The van der Waals surface area contributed by atoms with Gasteiger partial charge in [0.1, 0.15) is 17.9 Å². The average Bonchev–Trinajstić information content (AvgIpc) is 3.66. The summed E-state index contributed by atoms with van der Waals surface area (Å²) in [4.78, 5) is 32.3. The maximum atomic E-state index is 13.8. The second kappa shape index (κ2) is 13.2. The Morgan fingerprint density at radius 1 is 0.891 bits per heavy atom. The molecule has 2 amide bonds. The van der Waals surface area contributed by atoms with Gasteiger partial charge in [0.15, 0.2) is 11.5 Å². The van der Waals surface area contributed by atoms with Crippen LogP contribution in [0.15, 0.2) is 60.7 Å².